The molecule has 3 N–H and O–H groups in total. The smallest absolute Gasteiger partial charge is 0.211 e. The lowest BCUT2D eigenvalue weighted by Crippen LogP contribution is -2.19. The van der Waals surface area contributed by atoms with Crippen LogP contribution in [0.3, 0.4) is 0 Å². The second kappa shape index (κ2) is 12.0. The van der Waals surface area contributed by atoms with Gasteiger partial charge >= 0.3 is 0 Å². The molecule has 2 heterocycles. The lowest BCUT2D eigenvalue weighted by atomic mass is 9.99. The Balaban J connectivity index is 0.000000219. The van der Waals surface area contributed by atoms with Crippen LogP contribution in [0.4, 0.5) is 10.1 Å². The van der Waals surface area contributed by atoms with Gasteiger partial charge in [0.2, 0.25) is 6.41 Å². The predicted octanol–water partition coefficient (Wildman–Crippen LogP) is 3.49. The second-order valence-electron chi connectivity index (χ2n) is 7.83. The molecule has 32 heavy (non-hydrogen) atoms. The lowest BCUT2D eigenvalue weighted by Gasteiger charge is -2.15. The molecule has 3 aromatic rings. The van der Waals surface area contributed by atoms with Crippen molar-refractivity contribution in [2.75, 3.05) is 45.7 Å². The van der Waals surface area contributed by atoms with E-state index in [1.807, 2.05) is 19.0 Å². The summed E-state index contributed by atoms with van der Waals surface area (Å²) in [5, 5.41) is 12.3. The molecule has 1 saturated heterocycles. The SMILES string of the molecule is CN(C)CCOc1cc(-c2cn[nH]c2)c(F)cc1NC=O.c1ccc(C2CCNC2)cc1. The Morgan fingerprint density at radius 1 is 1.28 bits per heavy atom. The van der Waals surface area contributed by atoms with E-state index in [1.54, 1.807) is 12.3 Å². The van der Waals surface area contributed by atoms with E-state index in [-0.39, 0.29) is 0 Å². The molecule has 0 radical (unpaired) electrons. The highest BCUT2D eigenvalue weighted by Gasteiger charge is 2.15. The summed E-state index contributed by atoms with van der Waals surface area (Å²) in [6, 6.07) is 13.5. The molecule has 1 aromatic heterocycles. The van der Waals surface area contributed by atoms with Crippen molar-refractivity contribution in [1.82, 2.24) is 20.4 Å². The number of halogens is 1. The lowest BCUT2D eigenvalue weighted by molar-refractivity contribution is -0.105. The van der Waals surface area contributed by atoms with Crippen molar-refractivity contribution >= 4 is 12.1 Å². The Morgan fingerprint density at radius 3 is 2.72 bits per heavy atom. The zero-order valence-electron chi connectivity index (χ0n) is 18.5. The summed E-state index contributed by atoms with van der Waals surface area (Å²) in [4.78, 5) is 12.6. The van der Waals surface area contributed by atoms with Crippen LogP contribution in [-0.2, 0) is 4.79 Å². The molecule has 1 aliphatic heterocycles. The van der Waals surface area contributed by atoms with Gasteiger partial charge in [-0.3, -0.25) is 9.89 Å². The Morgan fingerprint density at radius 2 is 2.09 bits per heavy atom. The molecular formula is C24H30FN5O2. The number of likely N-dealkylation sites (N-methyl/N-ethyl adjacent to an activating group) is 1. The van der Waals surface area contributed by atoms with Crippen LogP contribution in [0.2, 0.25) is 0 Å². The summed E-state index contributed by atoms with van der Waals surface area (Å²) in [6.45, 7) is 3.47. The molecule has 0 aliphatic carbocycles. The van der Waals surface area contributed by atoms with E-state index in [0.717, 1.165) is 12.5 Å². The third kappa shape index (κ3) is 6.63. The maximum atomic E-state index is 14.1. The number of amides is 1. The van der Waals surface area contributed by atoms with Crippen LogP contribution in [0.1, 0.15) is 17.9 Å². The minimum atomic E-state index is -0.458. The van der Waals surface area contributed by atoms with Crippen molar-refractivity contribution in [3.63, 3.8) is 0 Å². The summed E-state index contributed by atoms with van der Waals surface area (Å²) < 4.78 is 19.7. The molecule has 0 bridgehead atoms. The van der Waals surface area contributed by atoms with Crippen LogP contribution in [0.5, 0.6) is 5.75 Å². The van der Waals surface area contributed by atoms with Gasteiger partial charge in [-0.15, -0.1) is 0 Å². The van der Waals surface area contributed by atoms with Crippen LogP contribution in [0, 0.1) is 5.82 Å². The minimum absolute atomic E-state index is 0.300. The van der Waals surface area contributed by atoms with Gasteiger partial charge in [-0.2, -0.15) is 5.10 Å². The zero-order chi connectivity index (χ0) is 22.8. The van der Waals surface area contributed by atoms with Gasteiger partial charge in [0.05, 0.1) is 11.9 Å². The van der Waals surface area contributed by atoms with E-state index in [0.29, 0.717) is 42.1 Å². The molecule has 0 saturated carbocycles. The average Bonchev–Trinajstić information content (AvgIpc) is 3.51. The number of nitrogens with one attached hydrogen (secondary N) is 3. The first kappa shape index (κ1) is 23.4. The summed E-state index contributed by atoms with van der Waals surface area (Å²) in [6.07, 6.45) is 4.90. The number of anilines is 1. The van der Waals surface area contributed by atoms with Gasteiger partial charge in [0.15, 0.2) is 0 Å². The van der Waals surface area contributed by atoms with Crippen molar-refractivity contribution in [1.29, 1.82) is 0 Å². The number of hydrogen-bond acceptors (Lipinski definition) is 5. The van der Waals surface area contributed by atoms with Gasteiger partial charge < -0.3 is 20.3 Å². The fraction of sp³-hybridized carbons (Fsp3) is 0.333. The molecule has 1 atom stereocenters. The number of benzene rings is 2. The largest absolute Gasteiger partial charge is 0.490 e. The van der Waals surface area contributed by atoms with Crippen molar-refractivity contribution in [2.24, 2.45) is 0 Å². The Hall–Kier alpha value is -3.23. The summed E-state index contributed by atoms with van der Waals surface area (Å²) in [7, 11) is 3.85. The quantitative estimate of drug-likeness (QED) is 0.468. The van der Waals surface area contributed by atoms with Crippen LogP contribution in [0.25, 0.3) is 11.1 Å². The number of aromatic amines is 1. The fourth-order valence-corrected chi connectivity index (χ4v) is 3.47. The first-order valence-electron chi connectivity index (χ1n) is 10.6. The molecule has 1 aliphatic rings. The molecule has 8 heteroatoms. The Bertz CT molecular complexity index is 958. The van der Waals surface area contributed by atoms with E-state index in [4.69, 9.17) is 4.74 Å². The highest BCUT2D eigenvalue weighted by atomic mass is 19.1. The van der Waals surface area contributed by atoms with Gasteiger partial charge in [0, 0.05) is 36.5 Å². The molecule has 1 unspecified atom stereocenters. The van der Waals surface area contributed by atoms with E-state index >= 15 is 0 Å². The molecule has 2 aromatic carbocycles. The number of aromatic nitrogens is 2. The number of nitrogens with zero attached hydrogens (tertiary/aromatic N) is 2. The number of H-pyrrole nitrogens is 1. The van der Waals surface area contributed by atoms with Gasteiger partial charge in [-0.05, 0) is 44.6 Å². The topological polar surface area (TPSA) is 82.3 Å². The number of carbonyl (C=O) groups excluding carboxylic acids is 1. The third-order valence-corrected chi connectivity index (χ3v) is 5.22. The average molecular weight is 440 g/mol. The normalized spacial score (nSPS) is 15.2. The predicted molar refractivity (Wildman–Crippen MR) is 124 cm³/mol. The zero-order valence-corrected chi connectivity index (χ0v) is 18.5. The Kier molecular flexibility index (Phi) is 8.77. The van der Waals surface area contributed by atoms with Crippen molar-refractivity contribution in [2.45, 2.75) is 12.3 Å². The van der Waals surface area contributed by atoms with E-state index in [2.05, 4.69) is 51.2 Å². The molecule has 1 amide bonds. The van der Waals surface area contributed by atoms with E-state index < -0.39 is 5.82 Å². The fourth-order valence-electron chi connectivity index (χ4n) is 3.47. The third-order valence-electron chi connectivity index (χ3n) is 5.22. The molecular weight excluding hydrogens is 409 g/mol. The van der Waals surface area contributed by atoms with Gasteiger partial charge in [0.1, 0.15) is 18.2 Å². The maximum Gasteiger partial charge on any atom is 0.211 e. The number of rotatable bonds is 8. The van der Waals surface area contributed by atoms with Gasteiger partial charge in [-0.25, -0.2) is 4.39 Å². The summed E-state index contributed by atoms with van der Waals surface area (Å²) in [5.41, 5.74) is 2.76. The second-order valence-corrected chi connectivity index (χ2v) is 7.83. The van der Waals surface area contributed by atoms with Gasteiger partial charge in [-0.1, -0.05) is 30.3 Å². The maximum absolute atomic E-state index is 14.1. The highest BCUT2D eigenvalue weighted by Crippen LogP contribution is 2.33. The number of carbonyl (C=O) groups is 1. The van der Waals surface area contributed by atoms with Crippen molar-refractivity contribution in [3.8, 4) is 16.9 Å². The minimum Gasteiger partial charge on any atom is -0.490 e. The molecule has 170 valence electrons. The van der Waals surface area contributed by atoms with E-state index in [9.17, 15) is 9.18 Å². The van der Waals surface area contributed by atoms with Crippen molar-refractivity contribution in [3.05, 3.63) is 66.2 Å². The van der Waals surface area contributed by atoms with Gasteiger partial charge in [0.25, 0.3) is 0 Å². The monoisotopic (exact) mass is 439 g/mol. The first-order valence-corrected chi connectivity index (χ1v) is 10.6. The van der Waals surface area contributed by atoms with Crippen LogP contribution < -0.4 is 15.4 Å². The molecule has 4 rings (SSSR count). The molecule has 7 nitrogen and oxygen atoms in total. The number of ether oxygens (including phenoxy) is 1. The van der Waals surface area contributed by atoms with Crippen molar-refractivity contribution < 1.29 is 13.9 Å². The summed E-state index contributed by atoms with van der Waals surface area (Å²) >= 11 is 0. The van der Waals surface area contributed by atoms with Crippen LogP contribution in [-0.4, -0.2) is 61.8 Å². The Labute approximate surface area is 188 Å². The molecule has 1 fully saturated rings. The first-order chi connectivity index (χ1) is 15.6. The molecule has 0 spiro atoms. The summed E-state index contributed by atoms with van der Waals surface area (Å²) in [5.74, 6) is 0.721. The van der Waals surface area contributed by atoms with Crippen LogP contribution >= 0.6 is 0 Å². The van der Waals surface area contributed by atoms with Crippen LogP contribution in [0.15, 0.2) is 54.9 Å². The highest BCUT2D eigenvalue weighted by molar-refractivity contribution is 5.79. The standard InChI is InChI=1S/C14H17FN4O2.C10H13N/c1-19(2)3-4-21-14-5-11(10-7-17-18-8-10)12(15)6-13(14)16-9-20;1-2-4-9(5-3-1)10-6-7-11-8-10/h5-9H,3-4H2,1-2H3,(H,16,20)(H,17,18);1-5,10-11H,6-8H2. The van der Waals surface area contributed by atoms with E-state index in [1.165, 1.54) is 30.8 Å². The number of hydrogen-bond donors (Lipinski definition) is 3.